The second kappa shape index (κ2) is 6.47. The Hall–Kier alpha value is -3.02. The molecule has 0 atom stereocenters. The Morgan fingerprint density at radius 1 is 1.04 bits per heavy atom. The van der Waals surface area contributed by atoms with Gasteiger partial charge in [-0.2, -0.15) is 0 Å². The monoisotopic (exact) mass is 336 g/mol. The van der Waals surface area contributed by atoms with Gasteiger partial charge in [-0.05, 0) is 49.2 Å². The first-order chi connectivity index (χ1) is 12.2. The van der Waals surface area contributed by atoms with E-state index in [1.54, 1.807) is 0 Å². The summed E-state index contributed by atoms with van der Waals surface area (Å²) in [5, 5.41) is 2.86. The number of benzene rings is 2. The zero-order valence-corrected chi connectivity index (χ0v) is 13.9. The number of anilines is 2. The molecule has 4 rings (SSSR count). The van der Waals surface area contributed by atoms with E-state index in [2.05, 4.69) is 15.2 Å². The van der Waals surface area contributed by atoms with E-state index in [9.17, 15) is 9.59 Å². The van der Waals surface area contributed by atoms with E-state index in [4.69, 9.17) is 0 Å². The molecule has 6 heteroatoms. The molecule has 25 heavy (non-hydrogen) atoms. The molecule has 0 radical (unpaired) electrons. The summed E-state index contributed by atoms with van der Waals surface area (Å²) in [5.41, 5.74) is 3.10. The van der Waals surface area contributed by atoms with Crippen LogP contribution in [-0.4, -0.2) is 28.5 Å². The lowest BCUT2D eigenvalue weighted by Crippen LogP contribution is -2.25. The quantitative estimate of drug-likeness (QED) is 0.769. The van der Waals surface area contributed by atoms with Gasteiger partial charge in [0.05, 0.1) is 11.0 Å². The van der Waals surface area contributed by atoms with Crippen LogP contribution in [0.15, 0.2) is 53.3 Å². The molecule has 1 amide bonds. The number of aromatic amines is 1. The standard InChI is InChI=1S/C19H20N4O2/c24-18(13-23-17-6-2-1-5-16(17)21-19(23)25)20-14-7-9-15(10-8-14)22-11-3-4-12-22/h1-2,5-10H,3-4,11-13H2,(H,20,24)(H,21,25). The summed E-state index contributed by atoms with van der Waals surface area (Å²) in [5.74, 6) is -0.222. The molecule has 6 nitrogen and oxygen atoms in total. The third-order valence-electron chi connectivity index (χ3n) is 4.61. The molecule has 2 heterocycles. The number of fused-ring (bicyclic) bond motifs is 1. The first-order valence-electron chi connectivity index (χ1n) is 8.53. The van der Waals surface area contributed by atoms with Crippen LogP contribution in [0.3, 0.4) is 0 Å². The summed E-state index contributed by atoms with van der Waals surface area (Å²) in [6.07, 6.45) is 2.47. The molecule has 0 bridgehead atoms. The Labute approximate surface area is 145 Å². The molecular formula is C19H20N4O2. The van der Waals surface area contributed by atoms with Crippen LogP contribution in [0.2, 0.25) is 0 Å². The predicted molar refractivity (Wildman–Crippen MR) is 99.1 cm³/mol. The van der Waals surface area contributed by atoms with Crippen molar-refractivity contribution in [2.24, 2.45) is 0 Å². The Balaban J connectivity index is 1.46. The highest BCUT2D eigenvalue weighted by Gasteiger charge is 2.13. The highest BCUT2D eigenvalue weighted by Crippen LogP contribution is 2.22. The third kappa shape index (κ3) is 3.15. The van der Waals surface area contributed by atoms with Crippen LogP contribution in [0.4, 0.5) is 11.4 Å². The summed E-state index contributed by atoms with van der Waals surface area (Å²) < 4.78 is 1.45. The molecule has 0 saturated carbocycles. The van der Waals surface area contributed by atoms with Gasteiger partial charge in [-0.15, -0.1) is 0 Å². The molecule has 1 saturated heterocycles. The van der Waals surface area contributed by atoms with Crippen molar-refractivity contribution in [1.29, 1.82) is 0 Å². The van der Waals surface area contributed by atoms with Crippen LogP contribution in [-0.2, 0) is 11.3 Å². The van der Waals surface area contributed by atoms with E-state index in [0.717, 1.165) is 29.8 Å². The van der Waals surface area contributed by atoms with E-state index in [1.807, 2.05) is 48.5 Å². The maximum absolute atomic E-state index is 12.3. The minimum atomic E-state index is -0.277. The highest BCUT2D eigenvalue weighted by molar-refractivity contribution is 5.91. The van der Waals surface area contributed by atoms with Crippen molar-refractivity contribution in [2.45, 2.75) is 19.4 Å². The molecule has 1 aliphatic heterocycles. The van der Waals surface area contributed by atoms with Crippen molar-refractivity contribution in [2.75, 3.05) is 23.3 Å². The molecule has 128 valence electrons. The van der Waals surface area contributed by atoms with E-state index in [1.165, 1.54) is 23.1 Å². The van der Waals surface area contributed by atoms with Crippen molar-refractivity contribution in [1.82, 2.24) is 9.55 Å². The summed E-state index contributed by atoms with van der Waals surface area (Å²) in [6, 6.07) is 15.2. The molecule has 1 fully saturated rings. The van der Waals surface area contributed by atoms with Crippen molar-refractivity contribution in [3.63, 3.8) is 0 Å². The number of H-pyrrole nitrogens is 1. The SMILES string of the molecule is O=C(Cn1c(=O)[nH]c2ccccc21)Nc1ccc(N2CCCC2)cc1. The molecule has 3 aromatic rings. The number of hydrogen-bond donors (Lipinski definition) is 2. The number of imidazole rings is 1. The van der Waals surface area contributed by atoms with Crippen molar-refractivity contribution < 1.29 is 4.79 Å². The van der Waals surface area contributed by atoms with Gasteiger partial charge in [-0.25, -0.2) is 4.79 Å². The number of carbonyl (C=O) groups is 1. The van der Waals surface area contributed by atoms with Gasteiger partial charge in [-0.1, -0.05) is 12.1 Å². The smallest absolute Gasteiger partial charge is 0.326 e. The van der Waals surface area contributed by atoms with Crippen molar-refractivity contribution >= 4 is 28.3 Å². The fourth-order valence-electron chi connectivity index (χ4n) is 3.34. The zero-order chi connectivity index (χ0) is 17.2. The fraction of sp³-hybridized carbons (Fsp3) is 0.263. The maximum Gasteiger partial charge on any atom is 0.326 e. The Morgan fingerprint density at radius 3 is 2.52 bits per heavy atom. The number of carbonyl (C=O) groups excluding carboxylic acids is 1. The molecule has 1 aliphatic rings. The number of amides is 1. The largest absolute Gasteiger partial charge is 0.372 e. The number of para-hydroxylation sites is 2. The van der Waals surface area contributed by atoms with Gasteiger partial charge in [0, 0.05) is 24.5 Å². The Bertz CT molecular complexity index is 949. The number of aromatic nitrogens is 2. The van der Waals surface area contributed by atoms with E-state index < -0.39 is 0 Å². The number of nitrogens with zero attached hydrogens (tertiary/aromatic N) is 2. The second-order valence-electron chi connectivity index (χ2n) is 6.32. The van der Waals surface area contributed by atoms with Crippen molar-refractivity contribution in [3.8, 4) is 0 Å². The van der Waals surface area contributed by atoms with Crippen LogP contribution in [0.1, 0.15) is 12.8 Å². The van der Waals surface area contributed by atoms with Crippen LogP contribution in [0.25, 0.3) is 11.0 Å². The van der Waals surface area contributed by atoms with E-state index in [-0.39, 0.29) is 18.1 Å². The van der Waals surface area contributed by atoms with Gasteiger partial charge in [0.25, 0.3) is 0 Å². The fourth-order valence-corrected chi connectivity index (χ4v) is 3.34. The maximum atomic E-state index is 12.3. The van der Waals surface area contributed by atoms with Gasteiger partial charge in [0.15, 0.2) is 0 Å². The summed E-state index contributed by atoms with van der Waals surface area (Å²) in [7, 11) is 0. The molecule has 0 aliphatic carbocycles. The Morgan fingerprint density at radius 2 is 1.76 bits per heavy atom. The molecular weight excluding hydrogens is 316 g/mol. The predicted octanol–water partition coefficient (Wildman–Crippen LogP) is 2.57. The van der Waals surface area contributed by atoms with Gasteiger partial charge in [0.2, 0.25) is 5.91 Å². The molecule has 0 spiro atoms. The summed E-state index contributed by atoms with van der Waals surface area (Å²) >= 11 is 0. The van der Waals surface area contributed by atoms with Gasteiger partial charge >= 0.3 is 5.69 Å². The van der Waals surface area contributed by atoms with E-state index >= 15 is 0 Å². The van der Waals surface area contributed by atoms with Gasteiger partial charge in [0.1, 0.15) is 6.54 Å². The topological polar surface area (TPSA) is 70.1 Å². The lowest BCUT2D eigenvalue weighted by molar-refractivity contribution is -0.116. The average Bonchev–Trinajstić information content (AvgIpc) is 3.25. The van der Waals surface area contributed by atoms with Crippen LogP contribution >= 0.6 is 0 Å². The van der Waals surface area contributed by atoms with Gasteiger partial charge < -0.3 is 15.2 Å². The lowest BCUT2D eigenvalue weighted by atomic mass is 10.2. The minimum Gasteiger partial charge on any atom is -0.372 e. The lowest BCUT2D eigenvalue weighted by Gasteiger charge is -2.17. The van der Waals surface area contributed by atoms with Crippen molar-refractivity contribution in [3.05, 3.63) is 59.0 Å². The first kappa shape index (κ1) is 15.5. The minimum absolute atomic E-state index is 0.0171. The number of hydrogen-bond acceptors (Lipinski definition) is 3. The third-order valence-corrected chi connectivity index (χ3v) is 4.61. The molecule has 1 aromatic heterocycles. The number of nitrogens with one attached hydrogen (secondary N) is 2. The van der Waals surface area contributed by atoms with Gasteiger partial charge in [-0.3, -0.25) is 9.36 Å². The van der Waals surface area contributed by atoms with Crippen LogP contribution in [0.5, 0.6) is 0 Å². The first-order valence-corrected chi connectivity index (χ1v) is 8.53. The summed E-state index contributed by atoms with van der Waals surface area (Å²) in [6.45, 7) is 2.17. The Kier molecular flexibility index (Phi) is 4.01. The molecule has 2 N–H and O–H groups in total. The highest BCUT2D eigenvalue weighted by atomic mass is 16.2. The zero-order valence-electron chi connectivity index (χ0n) is 13.9. The molecule has 2 aromatic carbocycles. The average molecular weight is 336 g/mol. The number of rotatable bonds is 4. The molecule has 0 unspecified atom stereocenters. The second-order valence-corrected chi connectivity index (χ2v) is 6.32. The van der Waals surface area contributed by atoms with E-state index in [0.29, 0.717) is 0 Å². The van der Waals surface area contributed by atoms with Crippen LogP contribution < -0.4 is 15.9 Å². The normalized spacial score (nSPS) is 14.2. The van der Waals surface area contributed by atoms with Crippen LogP contribution in [0, 0.1) is 0 Å². The summed E-state index contributed by atoms with van der Waals surface area (Å²) in [4.78, 5) is 29.5.